The zero-order valence-corrected chi connectivity index (χ0v) is 13.4. The molecule has 0 aliphatic carbocycles. The predicted molar refractivity (Wildman–Crippen MR) is 84.5 cm³/mol. The molecule has 1 aromatic heterocycles. The summed E-state index contributed by atoms with van der Waals surface area (Å²) in [6.07, 6.45) is 3.26. The van der Waals surface area contributed by atoms with Gasteiger partial charge in [-0.3, -0.25) is 9.59 Å². The zero-order valence-electron chi connectivity index (χ0n) is 12.4. The lowest BCUT2D eigenvalue weighted by atomic mass is 10.2. The van der Waals surface area contributed by atoms with Crippen LogP contribution < -0.4 is 16.3 Å². The topological polar surface area (TPSA) is 44.0 Å². The first-order valence-corrected chi connectivity index (χ1v) is 10.1. The third kappa shape index (κ3) is 2.99. The van der Waals surface area contributed by atoms with Crippen LogP contribution in [0.15, 0.2) is 46.2 Å². The summed E-state index contributed by atoms with van der Waals surface area (Å²) in [4.78, 5) is 23.5. The van der Waals surface area contributed by atoms with Gasteiger partial charge in [-0.1, -0.05) is 49.1 Å². The number of benzene rings is 1. The molecule has 5 heteroatoms. The number of hydrogen-bond acceptors (Lipinski definition) is 2. The zero-order chi connectivity index (χ0) is 14.9. The van der Waals surface area contributed by atoms with E-state index in [1.165, 1.54) is 14.3 Å². The van der Waals surface area contributed by atoms with Crippen LogP contribution in [-0.4, -0.2) is 17.2 Å². The summed E-state index contributed by atoms with van der Waals surface area (Å²) in [6, 6.07) is 8.34. The van der Waals surface area contributed by atoms with Crippen LogP contribution in [0, 0.1) is 0 Å². The predicted octanol–water partition coefficient (Wildman–Crippen LogP) is 1.14. The van der Waals surface area contributed by atoms with Gasteiger partial charge >= 0.3 is 11.1 Å². The molecular weight excluding hydrogens is 268 g/mol. The Balaban J connectivity index is 2.30. The van der Waals surface area contributed by atoms with Gasteiger partial charge in [-0.25, -0.2) is 0 Å². The van der Waals surface area contributed by atoms with Crippen LogP contribution in [0.5, 0.6) is 0 Å². The van der Waals surface area contributed by atoms with Gasteiger partial charge in [0.15, 0.2) is 0 Å². The van der Waals surface area contributed by atoms with E-state index in [0.717, 1.165) is 5.56 Å². The fraction of sp³-hybridized carbons (Fsp3) is 0.333. The van der Waals surface area contributed by atoms with Crippen molar-refractivity contribution in [3.63, 3.8) is 0 Å². The van der Waals surface area contributed by atoms with Crippen molar-refractivity contribution < 1.29 is 0 Å². The molecule has 0 fully saturated rings. The van der Waals surface area contributed by atoms with E-state index in [1.54, 1.807) is 19.4 Å². The van der Waals surface area contributed by atoms with E-state index in [4.69, 9.17) is 0 Å². The van der Waals surface area contributed by atoms with E-state index in [1.807, 2.05) is 12.1 Å². The SMILES string of the molecule is Cn1ccn(Cc2ccc([Si](C)(C)C)cc2)c(=O)c1=O. The molecule has 2 aromatic rings. The Morgan fingerprint density at radius 3 is 2.10 bits per heavy atom. The molecule has 2 rings (SSSR count). The fourth-order valence-electron chi connectivity index (χ4n) is 2.02. The van der Waals surface area contributed by atoms with Gasteiger partial charge < -0.3 is 9.13 Å². The molecule has 1 aromatic carbocycles. The van der Waals surface area contributed by atoms with Gasteiger partial charge in [0.05, 0.1) is 14.6 Å². The number of rotatable bonds is 3. The van der Waals surface area contributed by atoms with Crippen LogP contribution in [-0.2, 0) is 13.6 Å². The Hall–Kier alpha value is -1.88. The first kappa shape index (κ1) is 14.5. The molecule has 0 bridgehead atoms. The number of aromatic nitrogens is 2. The lowest BCUT2D eigenvalue weighted by Gasteiger charge is -2.17. The maximum absolute atomic E-state index is 11.9. The molecule has 0 unspecified atom stereocenters. The highest BCUT2D eigenvalue weighted by molar-refractivity contribution is 6.88. The van der Waals surface area contributed by atoms with E-state index >= 15 is 0 Å². The molecule has 0 saturated carbocycles. The van der Waals surface area contributed by atoms with E-state index in [-0.39, 0.29) is 0 Å². The number of hydrogen-bond donors (Lipinski definition) is 0. The Kier molecular flexibility index (Phi) is 3.81. The van der Waals surface area contributed by atoms with Gasteiger partial charge in [-0.05, 0) is 5.56 Å². The molecule has 0 N–H and O–H groups in total. The monoisotopic (exact) mass is 288 g/mol. The summed E-state index contributed by atoms with van der Waals surface area (Å²) in [5.74, 6) is 0. The quantitative estimate of drug-likeness (QED) is 0.628. The van der Waals surface area contributed by atoms with Gasteiger partial charge in [0.25, 0.3) is 0 Å². The highest BCUT2D eigenvalue weighted by atomic mass is 28.3. The maximum Gasteiger partial charge on any atom is 0.316 e. The van der Waals surface area contributed by atoms with Crippen molar-refractivity contribution in [1.29, 1.82) is 0 Å². The number of nitrogens with zero attached hydrogens (tertiary/aromatic N) is 2. The van der Waals surface area contributed by atoms with Crippen LogP contribution >= 0.6 is 0 Å². The molecule has 0 aliphatic rings. The summed E-state index contributed by atoms with van der Waals surface area (Å²) in [7, 11) is 0.283. The van der Waals surface area contributed by atoms with Gasteiger partial charge in [0.1, 0.15) is 0 Å². The Morgan fingerprint density at radius 1 is 0.950 bits per heavy atom. The normalized spacial score (nSPS) is 11.6. The lowest BCUT2D eigenvalue weighted by molar-refractivity contribution is 0.695. The molecular formula is C15H20N2O2Si. The molecule has 106 valence electrons. The fourth-order valence-corrected chi connectivity index (χ4v) is 3.19. The minimum absolute atomic E-state index is 0.431. The molecule has 0 saturated heterocycles. The summed E-state index contributed by atoms with van der Waals surface area (Å²) >= 11 is 0. The highest BCUT2D eigenvalue weighted by Gasteiger charge is 2.15. The molecule has 1 heterocycles. The van der Waals surface area contributed by atoms with Crippen LogP contribution in [0.1, 0.15) is 5.56 Å². The molecule has 0 aliphatic heterocycles. The van der Waals surface area contributed by atoms with Crippen LogP contribution in [0.4, 0.5) is 0 Å². The van der Waals surface area contributed by atoms with Gasteiger partial charge in [-0.15, -0.1) is 0 Å². The van der Waals surface area contributed by atoms with Gasteiger partial charge in [0.2, 0.25) is 0 Å². The second kappa shape index (κ2) is 5.24. The maximum atomic E-state index is 11.9. The molecule has 0 radical (unpaired) electrons. The van der Waals surface area contributed by atoms with Crippen LogP contribution in [0.25, 0.3) is 0 Å². The second-order valence-corrected chi connectivity index (χ2v) is 11.2. The van der Waals surface area contributed by atoms with Crippen molar-refractivity contribution in [2.75, 3.05) is 0 Å². The van der Waals surface area contributed by atoms with Crippen molar-refractivity contribution in [2.45, 2.75) is 26.2 Å². The minimum Gasteiger partial charge on any atom is -0.312 e. The van der Waals surface area contributed by atoms with Crippen molar-refractivity contribution in [1.82, 2.24) is 9.13 Å². The highest BCUT2D eigenvalue weighted by Crippen LogP contribution is 2.05. The second-order valence-electron chi connectivity index (χ2n) is 6.09. The van der Waals surface area contributed by atoms with E-state index in [0.29, 0.717) is 6.54 Å². The van der Waals surface area contributed by atoms with Crippen molar-refractivity contribution >= 4 is 13.3 Å². The molecule has 20 heavy (non-hydrogen) atoms. The minimum atomic E-state index is -1.30. The number of aryl methyl sites for hydroxylation is 1. The third-order valence-electron chi connectivity index (χ3n) is 3.41. The Labute approximate surface area is 119 Å². The van der Waals surface area contributed by atoms with Gasteiger partial charge in [0, 0.05) is 19.4 Å². The standard InChI is InChI=1S/C15H20N2O2Si/c1-16-9-10-17(15(19)14(16)18)11-12-5-7-13(8-6-12)20(2,3)4/h5-10H,11H2,1-4H3. The smallest absolute Gasteiger partial charge is 0.312 e. The largest absolute Gasteiger partial charge is 0.316 e. The Bertz CT molecular complexity index is 721. The van der Waals surface area contributed by atoms with E-state index in [2.05, 4.69) is 31.8 Å². The molecule has 0 amide bonds. The first-order chi connectivity index (χ1) is 9.29. The van der Waals surface area contributed by atoms with Crippen molar-refractivity contribution in [3.05, 3.63) is 62.9 Å². The van der Waals surface area contributed by atoms with Gasteiger partial charge in [-0.2, -0.15) is 0 Å². The summed E-state index contributed by atoms with van der Waals surface area (Å²) in [5.41, 5.74) is 0.0536. The van der Waals surface area contributed by atoms with E-state index < -0.39 is 19.2 Å². The first-order valence-electron chi connectivity index (χ1n) is 6.64. The van der Waals surface area contributed by atoms with Crippen LogP contribution in [0.3, 0.4) is 0 Å². The summed E-state index contributed by atoms with van der Waals surface area (Å²) in [6.45, 7) is 7.33. The average molecular weight is 288 g/mol. The molecule has 0 atom stereocenters. The molecule has 4 nitrogen and oxygen atoms in total. The Morgan fingerprint density at radius 2 is 1.55 bits per heavy atom. The third-order valence-corrected chi connectivity index (χ3v) is 5.47. The summed E-state index contributed by atoms with van der Waals surface area (Å²) < 4.78 is 2.75. The summed E-state index contributed by atoms with van der Waals surface area (Å²) in [5, 5.41) is 1.39. The lowest BCUT2D eigenvalue weighted by Crippen LogP contribution is -2.40. The van der Waals surface area contributed by atoms with Crippen LogP contribution in [0.2, 0.25) is 19.6 Å². The van der Waals surface area contributed by atoms with E-state index in [9.17, 15) is 9.59 Å². The molecule has 0 spiro atoms. The van der Waals surface area contributed by atoms with Crippen molar-refractivity contribution in [2.24, 2.45) is 7.05 Å². The van der Waals surface area contributed by atoms with Crippen molar-refractivity contribution in [3.8, 4) is 0 Å². The average Bonchev–Trinajstić information content (AvgIpc) is 2.39.